The van der Waals surface area contributed by atoms with Crippen LogP contribution >= 0.6 is 12.2 Å². The average Bonchev–Trinajstić information content (AvgIpc) is 3.41. The van der Waals surface area contributed by atoms with Crippen LogP contribution in [0.5, 0.6) is 11.5 Å². The molecule has 31 heavy (non-hydrogen) atoms. The van der Waals surface area contributed by atoms with Gasteiger partial charge in [0.2, 0.25) is 0 Å². The standard InChI is InChI=1S/C26H38N2O2S/c1-6-7-8-9-19-13-23(29)25(22-12-18(4)10-11-21(22)17(2)3)24(14-19)30-26(31)27-15-20-16-28(20)5/h12-14,20-22,29H,2,6-11,15-16H2,1,3-5H3,(H,27,31)/t20?,21-,22+,28?/m0/s1. The van der Waals surface area contributed by atoms with E-state index in [9.17, 15) is 5.11 Å². The summed E-state index contributed by atoms with van der Waals surface area (Å²) in [5.41, 5.74) is 4.41. The van der Waals surface area contributed by atoms with Gasteiger partial charge in [0.05, 0.1) is 0 Å². The van der Waals surface area contributed by atoms with Crippen LogP contribution in [0.15, 0.2) is 35.9 Å². The van der Waals surface area contributed by atoms with Gasteiger partial charge in [-0.05, 0) is 82.4 Å². The van der Waals surface area contributed by atoms with Gasteiger partial charge in [-0.3, -0.25) is 4.90 Å². The molecule has 4 nitrogen and oxygen atoms in total. The minimum absolute atomic E-state index is 0.0447. The summed E-state index contributed by atoms with van der Waals surface area (Å²) in [6.07, 6.45) is 8.75. The number of rotatable bonds is 9. The van der Waals surface area contributed by atoms with Crippen molar-refractivity contribution in [2.75, 3.05) is 20.1 Å². The number of nitrogens with one attached hydrogen (secondary N) is 1. The molecule has 1 aliphatic carbocycles. The molecule has 4 atom stereocenters. The van der Waals surface area contributed by atoms with Crippen molar-refractivity contribution in [3.8, 4) is 11.5 Å². The summed E-state index contributed by atoms with van der Waals surface area (Å²) < 4.78 is 6.19. The lowest BCUT2D eigenvalue weighted by Gasteiger charge is -2.32. The van der Waals surface area contributed by atoms with E-state index in [-0.39, 0.29) is 11.8 Å². The molecule has 1 saturated heterocycles. The number of allylic oxidation sites excluding steroid dienone is 3. The number of hydrogen-bond acceptors (Lipinski definition) is 4. The van der Waals surface area contributed by atoms with Gasteiger partial charge < -0.3 is 15.2 Å². The van der Waals surface area contributed by atoms with Crippen LogP contribution in [0.1, 0.15) is 69.9 Å². The third kappa shape index (κ3) is 6.33. The smallest absolute Gasteiger partial charge is 0.262 e. The van der Waals surface area contributed by atoms with Crippen molar-refractivity contribution in [2.45, 2.75) is 71.3 Å². The van der Waals surface area contributed by atoms with Crippen LogP contribution in [0.25, 0.3) is 0 Å². The van der Waals surface area contributed by atoms with E-state index in [1.807, 2.05) is 6.07 Å². The van der Waals surface area contributed by atoms with Crippen LogP contribution in [0, 0.1) is 5.92 Å². The van der Waals surface area contributed by atoms with Crippen molar-refractivity contribution in [1.29, 1.82) is 0 Å². The Hall–Kier alpha value is -1.85. The quantitative estimate of drug-likeness (QED) is 0.222. The van der Waals surface area contributed by atoms with Gasteiger partial charge in [-0.2, -0.15) is 0 Å². The molecular weight excluding hydrogens is 404 g/mol. The highest BCUT2D eigenvalue weighted by Crippen LogP contribution is 2.47. The molecule has 2 aliphatic rings. The molecule has 0 amide bonds. The number of likely N-dealkylation sites (N-methyl/N-ethyl adjacent to an activating group) is 1. The molecule has 5 heteroatoms. The number of aromatic hydroxyl groups is 1. The predicted octanol–water partition coefficient (Wildman–Crippen LogP) is 5.71. The maximum absolute atomic E-state index is 11.1. The Labute approximate surface area is 193 Å². The topological polar surface area (TPSA) is 44.5 Å². The summed E-state index contributed by atoms with van der Waals surface area (Å²) in [6, 6.07) is 4.52. The van der Waals surface area contributed by atoms with Crippen molar-refractivity contribution in [3.63, 3.8) is 0 Å². The first-order chi connectivity index (χ1) is 14.8. The number of benzene rings is 1. The van der Waals surface area contributed by atoms with Crippen LogP contribution in [0.4, 0.5) is 0 Å². The van der Waals surface area contributed by atoms with Gasteiger partial charge in [0.25, 0.3) is 5.17 Å². The van der Waals surface area contributed by atoms with Crippen LogP contribution in [0.2, 0.25) is 0 Å². The molecule has 1 aliphatic heterocycles. The first kappa shape index (κ1) is 23.8. The maximum atomic E-state index is 11.1. The van der Waals surface area contributed by atoms with E-state index < -0.39 is 0 Å². The highest BCUT2D eigenvalue weighted by Gasteiger charge is 2.32. The number of aryl methyl sites for hydroxylation is 1. The van der Waals surface area contributed by atoms with Crippen LogP contribution in [-0.2, 0) is 6.42 Å². The van der Waals surface area contributed by atoms with Gasteiger partial charge in [0.15, 0.2) is 0 Å². The molecule has 1 aromatic rings. The highest BCUT2D eigenvalue weighted by molar-refractivity contribution is 7.80. The number of ether oxygens (including phenoxy) is 1. The molecule has 3 rings (SSSR count). The SMILES string of the molecule is C=C(C)[C@@H]1CCC(C)=C[C@H]1c1c(O)cc(CCCCC)cc1OC(=S)NCC1CN1C. The van der Waals surface area contributed by atoms with Gasteiger partial charge in [-0.15, -0.1) is 0 Å². The van der Waals surface area contributed by atoms with Gasteiger partial charge >= 0.3 is 0 Å². The monoisotopic (exact) mass is 442 g/mol. The summed E-state index contributed by atoms with van der Waals surface area (Å²) >= 11 is 5.51. The lowest BCUT2D eigenvalue weighted by molar-refractivity contribution is 0.420. The summed E-state index contributed by atoms with van der Waals surface area (Å²) in [5.74, 6) is 1.30. The number of thiocarbonyl (C=S) groups is 1. The average molecular weight is 443 g/mol. The normalized spacial score (nSPS) is 25.0. The van der Waals surface area contributed by atoms with Gasteiger partial charge in [0, 0.05) is 30.6 Å². The zero-order chi connectivity index (χ0) is 22.5. The molecule has 2 N–H and O–H groups in total. The van der Waals surface area contributed by atoms with Crippen molar-refractivity contribution in [2.24, 2.45) is 5.92 Å². The zero-order valence-corrected chi connectivity index (χ0v) is 20.4. The minimum atomic E-state index is 0.0447. The van der Waals surface area contributed by atoms with E-state index in [4.69, 9.17) is 17.0 Å². The minimum Gasteiger partial charge on any atom is -0.507 e. The first-order valence-electron chi connectivity index (χ1n) is 11.6. The summed E-state index contributed by atoms with van der Waals surface area (Å²) in [5, 5.41) is 14.7. The number of unbranched alkanes of at least 4 members (excludes halogenated alkanes) is 2. The number of phenols is 1. The van der Waals surface area contributed by atoms with E-state index >= 15 is 0 Å². The molecule has 0 spiro atoms. The van der Waals surface area contributed by atoms with E-state index in [1.54, 1.807) is 0 Å². The van der Waals surface area contributed by atoms with E-state index in [2.05, 4.69) is 56.8 Å². The van der Waals surface area contributed by atoms with Gasteiger partial charge in [-0.25, -0.2) is 0 Å². The molecule has 0 bridgehead atoms. The molecule has 0 saturated carbocycles. The molecule has 1 heterocycles. The Morgan fingerprint density at radius 1 is 1.35 bits per heavy atom. The third-order valence-electron chi connectivity index (χ3n) is 6.64. The third-order valence-corrected chi connectivity index (χ3v) is 6.86. The Morgan fingerprint density at radius 2 is 2.10 bits per heavy atom. The van der Waals surface area contributed by atoms with Crippen molar-refractivity contribution in [3.05, 3.63) is 47.1 Å². The second-order valence-electron chi connectivity index (χ2n) is 9.38. The molecule has 0 radical (unpaired) electrons. The zero-order valence-electron chi connectivity index (χ0n) is 19.5. The fraction of sp³-hybridized carbons (Fsp3) is 0.577. The van der Waals surface area contributed by atoms with Crippen molar-refractivity contribution < 1.29 is 9.84 Å². The summed E-state index contributed by atoms with van der Waals surface area (Å²) in [4.78, 5) is 2.26. The van der Waals surface area contributed by atoms with Gasteiger partial charge in [-0.1, -0.05) is 43.6 Å². The second kappa shape index (κ2) is 10.6. The molecule has 1 fully saturated rings. The molecular formula is C26H38N2O2S. The van der Waals surface area contributed by atoms with Crippen molar-refractivity contribution >= 4 is 17.4 Å². The maximum Gasteiger partial charge on any atom is 0.262 e. The largest absolute Gasteiger partial charge is 0.507 e. The Bertz CT molecular complexity index is 848. The molecule has 170 valence electrons. The fourth-order valence-electron chi connectivity index (χ4n) is 4.56. The predicted molar refractivity (Wildman–Crippen MR) is 133 cm³/mol. The van der Waals surface area contributed by atoms with Crippen molar-refractivity contribution in [1.82, 2.24) is 10.2 Å². The molecule has 0 aromatic heterocycles. The second-order valence-corrected chi connectivity index (χ2v) is 9.75. The Balaban J connectivity index is 1.90. The summed E-state index contributed by atoms with van der Waals surface area (Å²) in [6.45, 7) is 12.5. The van der Waals surface area contributed by atoms with Crippen LogP contribution in [0.3, 0.4) is 0 Å². The molecule has 2 unspecified atom stereocenters. The van der Waals surface area contributed by atoms with Crippen LogP contribution in [-0.4, -0.2) is 41.4 Å². The number of phenolic OH excluding ortho intramolecular Hbond substituents is 1. The van der Waals surface area contributed by atoms with Gasteiger partial charge in [0.1, 0.15) is 11.5 Å². The lowest BCUT2D eigenvalue weighted by Crippen LogP contribution is -2.31. The number of nitrogens with zero attached hydrogens (tertiary/aromatic N) is 1. The fourth-order valence-corrected chi connectivity index (χ4v) is 4.73. The lowest BCUT2D eigenvalue weighted by atomic mass is 9.73. The van der Waals surface area contributed by atoms with E-state index in [0.29, 0.717) is 22.7 Å². The van der Waals surface area contributed by atoms with Crippen LogP contribution < -0.4 is 10.1 Å². The molecule has 1 aromatic carbocycles. The first-order valence-corrected chi connectivity index (χ1v) is 12.0. The highest BCUT2D eigenvalue weighted by atomic mass is 32.1. The Morgan fingerprint density at radius 3 is 2.74 bits per heavy atom. The van der Waals surface area contributed by atoms with E-state index in [1.165, 1.54) is 18.4 Å². The summed E-state index contributed by atoms with van der Waals surface area (Å²) in [7, 11) is 2.10. The number of hydrogen-bond donors (Lipinski definition) is 2. The van der Waals surface area contributed by atoms with E-state index in [0.717, 1.165) is 55.5 Å². The Kier molecular flexibility index (Phi) is 8.17.